The molecule has 3 heteroatoms. The van der Waals surface area contributed by atoms with Crippen LogP contribution in [0.2, 0.25) is 5.02 Å². The SMILES string of the molecule is Cc1cc(C)nc(-c2cc(Cl)cc3c2CCC3)n1. The molecule has 0 spiro atoms. The summed E-state index contributed by atoms with van der Waals surface area (Å²) in [5.74, 6) is 0.813. The van der Waals surface area contributed by atoms with Crippen LogP contribution in [0, 0.1) is 13.8 Å². The smallest absolute Gasteiger partial charge is 0.159 e. The second-order valence-electron chi connectivity index (χ2n) is 4.92. The highest BCUT2D eigenvalue weighted by atomic mass is 35.5. The van der Waals surface area contributed by atoms with Gasteiger partial charge in [0.2, 0.25) is 0 Å². The van der Waals surface area contributed by atoms with Crippen LogP contribution >= 0.6 is 11.6 Å². The summed E-state index contributed by atoms with van der Waals surface area (Å²) in [6.07, 6.45) is 3.43. The summed E-state index contributed by atoms with van der Waals surface area (Å²) < 4.78 is 0. The second kappa shape index (κ2) is 4.36. The molecule has 0 unspecified atom stereocenters. The number of benzene rings is 1. The lowest BCUT2D eigenvalue weighted by molar-refractivity contribution is 0.911. The Balaban J connectivity index is 2.22. The molecule has 0 aliphatic heterocycles. The van der Waals surface area contributed by atoms with Gasteiger partial charge in [0.1, 0.15) is 0 Å². The van der Waals surface area contributed by atoms with Gasteiger partial charge in [-0.25, -0.2) is 9.97 Å². The number of rotatable bonds is 1. The van der Waals surface area contributed by atoms with Crippen LogP contribution in [0.4, 0.5) is 0 Å². The van der Waals surface area contributed by atoms with Crippen LogP contribution in [-0.4, -0.2) is 9.97 Å². The van der Waals surface area contributed by atoms with Crippen molar-refractivity contribution in [2.75, 3.05) is 0 Å². The monoisotopic (exact) mass is 258 g/mol. The molecule has 2 nitrogen and oxygen atoms in total. The predicted octanol–water partition coefficient (Wildman–Crippen LogP) is 3.90. The van der Waals surface area contributed by atoms with Crippen LogP contribution in [-0.2, 0) is 12.8 Å². The fourth-order valence-corrected chi connectivity index (χ4v) is 2.95. The summed E-state index contributed by atoms with van der Waals surface area (Å²) in [4.78, 5) is 9.11. The molecule has 0 saturated heterocycles. The van der Waals surface area contributed by atoms with Crippen LogP contribution in [0.3, 0.4) is 0 Å². The van der Waals surface area contributed by atoms with Gasteiger partial charge in [-0.2, -0.15) is 0 Å². The number of hydrogen-bond acceptors (Lipinski definition) is 2. The van der Waals surface area contributed by atoms with Gasteiger partial charge in [0.15, 0.2) is 5.82 Å². The Labute approximate surface area is 112 Å². The summed E-state index contributed by atoms with van der Waals surface area (Å²) in [6.45, 7) is 4.01. The van der Waals surface area contributed by atoms with Gasteiger partial charge in [-0.05, 0) is 62.4 Å². The lowest BCUT2D eigenvalue weighted by atomic mass is 10.0. The zero-order chi connectivity index (χ0) is 12.7. The Morgan fingerprint density at radius 1 is 1.00 bits per heavy atom. The third kappa shape index (κ3) is 2.01. The predicted molar refractivity (Wildman–Crippen MR) is 74.0 cm³/mol. The molecule has 0 amide bonds. The molecule has 1 aromatic heterocycles. The van der Waals surface area contributed by atoms with E-state index in [1.54, 1.807) is 0 Å². The molecule has 1 aliphatic rings. The lowest BCUT2D eigenvalue weighted by Gasteiger charge is -2.09. The maximum Gasteiger partial charge on any atom is 0.159 e. The normalized spacial score (nSPS) is 13.7. The standard InChI is InChI=1S/C15H15ClN2/c1-9-6-10(2)18-15(17-9)14-8-12(16)7-11-4-3-5-13(11)14/h6-8H,3-5H2,1-2H3. The van der Waals surface area contributed by atoms with Crippen molar-refractivity contribution >= 4 is 11.6 Å². The molecule has 0 bridgehead atoms. The third-order valence-electron chi connectivity index (χ3n) is 3.40. The van der Waals surface area contributed by atoms with Gasteiger partial charge in [0, 0.05) is 22.0 Å². The zero-order valence-corrected chi connectivity index (χ0v) is 11.4. The fourth-order valence-electron chi connectivity index (χ4n) is 2.71. The number of fused-ring (bicyclic) bond motifs is 1. The van der Waals surface area contributed by atoms with Crippen molar-refractivity contribution in [1.82, 2.24) is 9.97 Å². The first-order chi connectivity index (χ1) is 8.63. The molecule has 1 aliphatic carbocycles. The molecule has 0 atom stereocenters. The minimum atomic E-state index is 0.786. The first kappa shape index (κ1) is 11.7. The number of halogens is 1. The molecule has 18 heavy (non-hydrogen) atoms. The highest BCUT2D eigenvalue weighted by Crippen LogP contribution is 2.33. The highest BCUT2D eigenvalue weighted by Gasteiger charge is 2.18. The van der Waals surface area contributed by atoms with Gasteiger partial charge < -0.3 is 0 Å². The Morgan fingerprint density at radius 3 is 2.44 bits per heavy atom. The highest BCUT2D eigenvalue weighted by molar-refractivity contribution is 6.31. The van der Waals surface area contributed by atoms with E-state index in [0.717, 1.165) is 40.6 Å². The molecular weight excluding hydrogens is 244 g/mol. The first-order valence-electron chi connectivity index (χ1n) is 6.27. The molecule has 0 N–H and O–H groups in total. The van der Waals surface area contributed by atoms with Crippen LogP contribution in [0.15, 0.2) is 18.2 Å². The molecule has 2 aromatic rings. The maximum absolute atomic E-state index is 6.20. The van der Waals surface area contributed by atoms with Gasteiger partial charge in [0.05, 0.1) is 0 Å². The first-order valence-corrected chi connectivity index (χ1v) is 6.65. The molecule has 0 radical (unpaired) electrons. The molecule has 1 heterocycles. The van der Waals surface area contributed by atoms with Gasteiger partial charge >= 0.3 is 0 Å². The molecular formula is C15H15ClN2. The summed E-state index contributed by atoms with van der Waals surface area (Å²) in [5, 5.41) is 0.786. The van der Waals surface area contributed by atoms with Gasteiger partial charge in [-0.3, -0.25) is 0 Å². The minimum absolute atomic E-state index is 0.786. The van der Waals surface area contributed by atoms with Crippen LogP contribution in [0.5, 0.6) is 0 Å². The Bertz CT molecular complexity index is 600. The molecule has 0 saturated carbocycles. The van der Waals surface area contributed by atoms with E-state index in [-0.39, 0.29) is 0 Å². The van der Waals surface area contributed by atoms with Crippen molar-refractivity contribution in [1.29, 1.82) is 0 Å². The summed E-state index contributed by atoms with van der Waals surface area (Å²) in [6, 6.07) is 6.07. The second-order valence-corrected chi connectivity index (χ2v) is 5.36. The number of hydrogen-bond donors (Lipinski definition) is 0. The van der Waals surface area contributed by atoms with E-state index in [0.29, 0.717) is 0 Å². The van der Waals surface area contributed by atoms with Crippen LogP contribution in [0.1, 0.15) is 28.9 Å². The van der Waals surface area contributed by atoms with Crippen molar-refractivity contribution in [3.8, 4) is 11.4 Å². The molecule has 3 rings (SSSR count). The topological polar surface area (TPSA) is 25.8 Å². The van der Waals surface area contributed by atoms with Crippen molar-refractivity contribution in [2.24, 2.45) is 0 Å². The Morgan fingerprint density at radius 2 is 1.72 bits per heavy atom. The zero-order valence-electron chi connectivity index (χ0n) is 10.6. The Hall–Kier alpha value is -1.41. The lowest BCUT2D eigenvalue weighted by Crippen LogP contribution is -1.98. The largest absolute Gasteiger partial charge is 0.233 e. The number of nitrogens with zero attached hydrogens (tertiary/aromatic N) is 2. The van der Waals surface area contributed by atoms with Crippen molar-refractivity contribution in [2.45, 2.75) is 33.1 Å². The quantitative estimate of drug-likeness (QED) is 0.775. The van der Waals surface area contributed by atoms with E-state index >= 15 is 0 Å². The van der Waals surface area contributed by atoms with Crippen molar-refractivity contribution in [3.05, 3.63) is 45.7 Å². The number of aromatic nitrogens is 2. The molecule has 92 valence electrons. The summed E-state index contributed by atoms with van der Waals surface area (Å²) in [5.41, 5.74) is 5.86. The van der Waals surface area contributed by atoms with E-state index in [9.17, 15) is 0 Å². The summed E-state index contributed by atoms with van der Waals surface area (Å²) in [7, 11) is 0. The van der Waals surface area contributed by atoms with Gasteiger partial charge in [0.25, 0.3) is 0 Å². The van der Waals surface area contributed by atoms with E-state index in [2.05, 4.69) is 16.0 Å². The van der Waals surface area contributed by atoms with Crippen LogP contribution in [0.25, 0.3) is 11.4 Å². The Kier molecular flexibility index (Phi) is 2.83. The minimum Gasteiger partial charge on any atom is -0.233 e. The van der Waals surface area contributed by atoms with Crippen molar-refractivity contribution < 1.29 is 0 Å². The van der Waals surface area contributed by atoms with Crippen molar-refractivity contribution in [3.63, 3.8) is 0 Å². The van der Waals surface area contributed by atoms with E-state index in [4.69, 9.17) is 11.6 Å². The number of aryl methyl sites for hydroxylation is 3. The fraction of sp³-hybridized carbons (Fsp3) is 0.333. The van der Waals surface area contributed by atoms with Gasteiger partial charge in [-0.15, -0.1) is 0 Å². The van der Waals surface area contributed by atoms with Crippen LogP contribution < -0.4 is 0 Å². The average Bonchev–Trinajstić information content (AvgIpc) is 2.74. The maximum atomic E-state index is 6.20. The third-order valence-corrected chi connectivity index (χ3v) is 3.62. The molecule has 0 fully saturated rings. The summed E-state index contributed by atoms with van der Waals surface area (Å²) >= 11 is 6.20. The van der Waals surface area contributed by atoms with Gasteiger partial charge in [-0.1, -0.05) is 11.6 Å². The van der Waals surface area contributed by atoms with E-state index in [1.165, 1.54) is 17.5 Å². The average molecular weight is 259 g/mol. The van der Waals surface area contributed by atoms with E-state index < -0.39 is 0 Å². The van der Waals surface area contributed by atoms with E-state index in [1.807, 2.05) is 26.0 Å². The molecule has 1 aromatic carbocycles.